The molecule has 2 aromatic rings. The maximum Gasteiger partial charge on any atom is 0.397 e. The zero-order valence-electron chi connectivity index (χ0n) is 60.4. The quantitative estimate of drug-likeness (QED) is 0.0216. The Bertz CT molecular complexity index is 5490. The molecule has 0 aromatic heterocycles. The van der Waals surface area contributed by atoms with Crippen molar-refractivity contribution in [3.63, 3.8) is 0 Å². The fourth-order valence-electron chi connectivity index (χ4n) is 11.1. The standard InChI is InChI=1S/C44H64N2O64S16/c47-27(45-19-7-11-21(12-8-19)111-43-39(109-125(85,86)87)33(103-119(67,68)69)29(23(97-43)15-91-113(49,50)51)99-41-37(107-123(79,80)81)35(105-121(73,74)75)31(101-117(61,62)63)25(95-41)17-93-115(55,56)57)5-3-1-2-4-6-28(48)46-20-9-13-22(14-10-20)112-44-40(110-126(88,89)90)34(104-120(70,71)72)30(24(98-44)16-92-114(52,53)54)100-42-38(108-124(82,83)84)36(106-122(76,77)78)32(102-118(64,65)66)26(96-42)18-94-116(58,59)60/h7-14,23-26,29-44H,1-6,15-18H2,(H,45,47)(H,46,48)(H,49,50,51)(H,52,53,54)(H,55,56,57)(H,58,59,60)(H,61,62,63)(H,64,65,66)(H,67,68,69)(H,70,71,72)(H,73,74,75)(H,76,77,78)(H,79,80,81)(H,82,83,84)(H,85,86,87)(H,88,89,90)/t23-,24-,25-,26-,29-,30-,31-,32-,33+,34+,35+,36+,37-,38-,39-,40-,41+,42+,43+,44+/m1/s1. The van der Waals surface area contributed by atoms with Crippen molar-refractivity contribution in [3.8, 4) is 0 Å². The molecule has 82 heteroatoms. The Balaban J connectivity index is 1.16. The van der Waals surface area contributed by atoms with Gasteiger partial charge in [-0.25, -0.2) is 58.6 Å². The van der Waals surface area contributed by atoms with Crippen LogP contribution in [-0.2, 0) is 242 Å². The summed E-state index contributed by atoms with van der Waals surface area (Å²) in [5.74, 6) is -1.39. The smallest absolute Gasteiger partial charge is 0.356 e. The lowest BCUT2D eigenvalue weighted by Crippen LogP contribution is -2.66. The maximum absolute atomic E-state index is 13.1. The molecule has 0 bridgehead atoms. The van der Waals surface area contributed by atoms with Gasteiger partial charge in [-0.2, -0.15) is 118 Å². The van der Waals surface area contributed by atoms with Crippen LogP contribution in [0.25, 0.3) is 0 Å². The number of thioether (sulfide) groups is 2. The summed E-state index contributed by atoms with van der Waals surface area (Å²) in [4.78, 5) is 25.7. The average Bonchev–Trinajstić information content (AvgIpc) is 0.758. The van der Waals surface area contributed by atoms with Gasteiger partial charge in [-0.1, -0.05) is 36.4 Å². The molecule has 0 radical (unpaired) electrons. The second-order valence-electron chi connectivity index (χ2n) is 24.4. The van der Waals surface area contributed by atoms with Gasteiger partial charge in [0.15, 0.2) is 24.8 Å². The van der Waals surface area contributed by atoms with Crippen LogP contribution in [0.1, 0.15) is 38.5 Å². The van der Waals surface area contributed by atoms with Gasteiger partial charge in [-0.15, -0.1) is 0 Å². The van der Waals surface area contributed by atoms with Gasteiger partial charge in [0.1, 0.15) is 96.3 Å². The molecule has 0 unspecified atom stereocenters. The Labute approximate surface area is 720 Å². The molecule has 16 N–H and O–H groups in total. The number of nitrogens with one attached hydrogen (secondary N) is 2. The molecule has 66 nitrogen and oxygen atoms in total. The summed E-state index contributed by atoms with van der Waals surface area (Å²) in [5, 5.41) is 4.94. The van der Waals surface area contributed by atoms with Gasteiger partial charge >= 0.3 is 146 Å². The first kappa shape index (κ1) is 111. The highest BCUT2D eigenvalue weighted by Crippen LogP contribution is 2.44. The monoisotopic (exact) mass is 2160 g/mol. The maximum atomic E-state index is 13.1. The molecule has 0 saturated carbocycles. The van der Waals surface area contributed by atoms with E-state index in [1.807, 2.05) is 0 Å². The predicted molar refractivity (Wildman–Crippen MR) is 388 cm³/mol. The number of ether oxygens (including phenoxy) is 6. The molecular weight excluding hydrogens is 2090 g/mol. The molecule has 4 saturated heterocycles. The van der Waals surface area contributed by atoms with E-state index in [2.05, 4.69) is 69.2 Å². The highest BCUT2D eigenvalue weighted by Gasteiger charge is 2.62. The number of amides is 2. The predicted octanol–water partition coefficient (Wildman–Crippen LogP) is -6.38. The molecule has 0 aliphatic carbocycles. The van der Waals surface area contributed by atoms with Crippen molar-refractivity contribution in [1.29, 1.82) is 0 Å². The highest BCUT2D eigenvalue weighted by molar-refractivity contribution is 8.00. The molecule has 6 rings (SSSR count). The number of anilines is 2. The Hall–Kier alpha value is -3.98. The lowest BCUT2D eigenvalue weighted by atomic mass is 9.97. The van der Waals surface area contributed by atoms with E-state index in [0.29, 0.717) is 0 Å². The number of carbonyl (C=O) groups is 2. The molecule has 2 aromatic carbocycles. The third kappa shape index (κ3) is 41.2. The third-order valence-corrected chi connectivity index (χ3v) is 23.8. The van der Waals surface area contributed by atoms with E-state index < -0.39 is 305 Å². The molecule has 4 heterocycles. The third-order valence-electron chi connectivity index (χ3n) is 15.1. The van der Waals surface area contributed by atoms with Crippen molar-refractivity contribution in [2.24, 2.45) is 0 Å². The lowest BCUT2D eigenvalue weighted by molar-refractivity contribution is -0.325. The van der Waals surface area contributed by atoms with Crippen molar-refractivity contribution in [3.05, 3.63) is 48.5 Å². The fourth-order valence-corrected chi connectivity index (χ4v) is 19.6. The van der Waals surface area contributed by atoms with Crippen LogP contribution >= 0.6 is 23.5 Å². The number of benzene rings is 2. The molecule has 4 aliphatic rings. The molecule has 4 fully saturated rings. The van der Waals surface area contributed by atoms with Crippen molar-refractivity contribution in [2.45, 2.75) is 169 Å². The summed E-state index contributed by atoms with van der Waals surface area (Å²) >= 11 is 0.317. The molecule has 4 aliphatic heterocycles. The Morgan fingerprint density at radius 2 is 0.468 bits per heavy atom. The fraction of sp³-hybridized carbons (Fsp3) is 0.682. The number of unbranched alkanes of at least 4 members (excludes halogenated alkanes) is 3. The van der Waals surface area contributed by atoms with Crippen LogP contribution in [-0.4, -0.2) is 341 Å². The van der Waals surface area contributed by atoms with Gasteiger partial charge in [-0.3, -0.25) is 73.3 Å². The van der Waals surface area contributed by atoms with E-state index in [-0.39, 0.29) is 83.2 Å². The van der Waals surface area contributed by atoms with Gasteiger partial charge in [0.2, 0.25) is 11.8 Å². The molecular formula is C44H64N2O64S16. The summed E-state index contributed by atoms with van der Waals surface area (Å²) in [6.45, 7) is -7.52. The molecule has 126 heavy (non-hydrogen) atoms. The minimum atomic E-state index is -6.27. The largest absolute Gasteiger partial charge is 0.397 e. The van der Waals surface area contributed by atoms with Crippen LogP contribution in [0.4, 0.5) is 11.4 Å². The van der Waals surface area contributed by atoms with Gasteiger partial charge in [0.25, 0.3) is 0 Å². The topological polar surface area (TPSA) is 1000 Å². The minimum Gasteiger partial charge on any atom is -0.356 e. The molecule has 20 atom stereocenters. The van der Waals surface area contributed by atoms with Crippen molar-refractivity contribution >= 4 is 192 Å². The second-order valence-corrected chi connectivity index (χ2v) is 41.6. The number of hydrogen-bond acceptors (Lipinski definition) is 52. The minimum absolute atomic E-state index is 0.0482. The van der Waals surface area contributed by atoms with Gasteiger partial charge in [-0.05, 0) is 61.4 Å². The molecule has 730 valence electrons. The number of rotatable bonds is 49. The molecule has 0 spiro atoms. The van der Waals surface area contributed by atoms with Gasteiger partial charge in [0.05, 0.1) is 26.4 Å². The summed E-state index contributed by atoms with van der Waals surface area (Å²) in [6.07, 6.45) is -55.8. The van der Waals surface area contributed by atoms with Crippen LogP contribution in [0.3, 0.4) is 0 Å². The van der Waals surface area contributed by atoms with E-state index >= 15 is 0 Å². The van der Waals surface area contributed by atoms with E-state index in [0.717, 1.165) is 48.5 Å². The molecule has 2 amide bonds. The van der Waals surface area contributed by atoms with E-state index in [1.54, 1.807) is 0 Å². The zero-order valence-corrected chi connectivity index (χ0v) is 73.5. The van der Waals surface area contributed by atoms with Crippen molar-refractivity contribution in [2.75, 3.05) is 37.1 Å². The van der Waals surface area contributed by atoms with Crippen LogP contribution in [0.2, 0.25) is 0 Å². The summed E-state index contributed by atoms with van der Waals surface area (Å²) in [5.41, 5.74) is -4.86. The Morgan fingerprint density at radius 3 is 0.698 bits per heavy atom. The number of carbonyl (C=O) groups excluding carboxylic acids is 2. The van der Waals surface area contributed by atoms with Crippen molar-refractivity contribution < 1.29 is 278 Å². The first-order valence-electron chi connectivity index (χ1n) is 32.0. The normalized spacial score (nSPS) is 28.2. The second kappa shape index (κ2) is 43.6. The van der Waals surface area contributed by atoms with E-state index in [4.69, 9.17) is 28.4 Å². The Kier molecular flexibility index (Phi) is 38.3. The zero-order chi connectivity index (χ0) is 95.7. The SMILES string of the molecule is O=C(CCCCCCC(=O)Nc1ccc(S[C@@H]2O[C@H](COS(=O)(=O)O)[C@@H](O[C@@H]3O[C@H](COS(=O)(=O)O)[C@@H](OS(=O)(=O)O)[C@H](OS(=O)(=O)O)[C@H]3OS(=O)(=O)O)[C@H](OS(=O)(=O)O)[C@H]2OS(=O)(=O)O)cc1)Nc1ccc(S[C@@H]2O[C@H](COS(=O)(=O)O)[C@@H](O[C@@H]3O[C@H](COS(=O)(=O)O)[C@@H](OS(=O)(=O)O)[C@H](OS(=O)(=O)O)[C@H]3OS(=O)(=O)O)[C@H](OS(=O)(=O)O)[C@H]2OS(=O)(=O)O)cc1. The van der Waals surface area contributed by atoms with Crippen LogP contribution < -0.4 is 10.6 Å². The van der Waals surface area contributed by atoms with Gasteiger partial charge in [0, 0.05) is 34.0 Å². The first-order chi connectivity index (χ1) is 56.9. The first-order valence-corrected chi connectivity index (χ1v) is 52.9. The van der Waals surface area contributed by atoms with Crippen LogP contribution in [0.5, 0.6) is 0 Å². The highest BCUT2D eigenvalue weighted by atomic mass is 32.3. The lowest BCUT2D eigenvalue weighted by Gasteiger charge is -2.48. The van der Waals surface area contributed by atoms with Crippen LogP contribution in [0.15, 0.2) is 58.3 Å². The summed E-state index contributed by atoms with van der Waals surface area (Å²) < 4.78 is 568. The van der Waals surface area contributed by atoms with E-state index in [9.17, 15) is 191 Å². The Morgan fingerprint density at radius 1 is 0.262 bits per heavy atom. The van der Waals surface area contributed by atoms with Crippen LogP contribution in [0, 0.1) is 0 Å². The number of hydrogen-bond donors (Lipinski definition) is 16. The van der Waals surface area contributed by atoms with Crippen molar-refractivity contribution in [1.82, 2.24) is 0 Å². The average molecular weight is 2160 g/mol. The summed E-state index contributed by atoms with van der Waals surface area (Å²) in [7, 11) is -85.0. The van der Waals surface area contributed by atoms with Gasteiger partial charge < -0.3 is 39.1 Å². The summed E-state index contributed by atoms with van der Waals surface area (Å²) in [6, 6.07) is 8.67. The van der Waals surface area contributed by atoms with E-state index in [1.165, 1.54) is 0 Å².